The SMILES string of the molecule is CC.CC.CC1=[C-]C(C(=O)NC2CCC(=O)NC2=O)=CCC1.[W]. The second-order valence-electron chi connectivity index (χ2n) is 4.54. The first-order valence-corrected chi connectivity index (χ1v) is 8.00. The van der Waals surface area contributed by atoms with Crippen molar-refractivity contribution in [1.29, 1.82) is 0 Å². The maximum Gasteiger partial charge on any atom is 0.248 e. The molecule has 23 heavy (non-hydrogen) atoms. The molecule has 1 heterocycles. The topological polar surface area (TPSA) is 75.3 Å². The number of nitrogens with one attached hydrogen (secondary N) is 2. The van der Waals surface area contributed by atoms with E-state index in [0.717, 1.165) is 18.4 Å². The van der Waals surface area contributed by atoms with Gasteiger partial charge in [0.25, 0.3) is 0 Å². The van der Waals surface area contributed by atoms with Crippen molar-refractivity contribution in [3.05, 3.63) is 23.3 Å². The molecular weight excluding hydrogens is 464 g/mol. The molecule has 1 saturated heterocycles. The van der Waals surface area contributed by atoms with E-state index in [1.807, 2.05) is 40.7 Å². The van der Waals surface area contributed by atoms with E-state index in [9.17, 15) is 14.4 Å². The minimum Gasteiger partial charge on any atom is -0.394 e. The van der Waals surface area contributed by atoms with E-state index in [2.05, 4.69) is 16.7 Å². The van der Waals surface area contributed by atoms with Crippen LogP contribution in [0.1, 0.15) is 60.3 Å². The molecule has 1 unspecified atom stereocenters. The summed E-state index contributed by atoms with van der Waals surface area (Å²) in [6, 6.07) is -0.625. The van der Waals surface area contributed by atoms with Gasteiger partial charge in [0, 0.05) is 27.5 Å². The predicted octanol–water partition coefficient (Wildman–Crippen LogP) is 2.43. The summed E-state index contributed by atoms with van der Waals surface area (Å²) in [4.78, 5) is 34.4. The summed E-state index contributed by atoms with van der Waals surface area (Å²) >= 11 is 0. The van der Waals surface area contributed by atoms with Gasteiger partial charge in [-0.2, -0.15) is 12.2 Å². The van der Waals surface area contributed by atoms with Crippen LogP contribution in [0.2, 0.25) is 0 Å². The van der Waals surface area contributed by atoms with E-state index in [4.69, 9.17) is 0 Å². The van der Waals surface area contributed by atoms with Crippen LogP contribution in [0.5, 0.6) is 0 Å². The third-order valence-electron chi connectivity index (χ3n) is 3.00. The molecule has 0 radical (unpaired) electrons. The smallest absolute Gasteiger partial charge is 0.248 e. The summed E-state index contributed by atoms with van der Waals surface area (Å²) in [6.07, 6.45) is 7.15. The quantitative estimate of drug-likeness (QED) is 0.461. The average Bonchev–Trinajstić information content (AvgIpc) is 2.54. The number of carbonyl (C=O) groups excluding carboxylic acids is 3. The van der Waals surface area contributed by atoms with Gasteiger partial charge in [-0.3, -0.25) is 14.9 Å². The molecule has 0 aromatic heterocycles. The van der Waals surface area contributed by atoms with Gasteiger partial charge in [-0.05, 0) is 6.42 Å². The van der Waals surface area contributed by atoms with Crippen LogP contribution < -0.4 is 10.6 Å². The standard InChI is InChI=1S/C13H15N2O3.2C2H6.W/c1-8-3-2-4-9(7-8)12(17)14-10-5-6-11(16)15-13(10)18;2*1-2;/h4,10H,2-3,5-6H2,1H3,(H,14,17)(H,15,16,18);2*1-2H3;/q-1;;;. The first-order chi connectivity index (χ1) is 10.6. The Morgan fingerprint density at radius 2 is 1.83 bits per heavy atom. The van der Waals surface area contributed by atoms with E-state index < -0.39 is 11.9 Å². The van der Waals surface area contributed by atoms with Gasteiger partial charge in [0.15, 0.2) is 0 Å². The van der Waals surface area contributed by atoms with Gasteiger partial charge in [0.1, 0.15) is 5.91 Å². The third kappa shape index (κ3) is 8.26. The molecule has 0 spiro atoms. The van der Waals surface area contributed by atoms with Crippen molar-refractivity contribution in [2.24, 2.45) is 0 Å². The fraction of sp³-hybridized carbons (Fsp3) is 0.588. The van der Waals surface area contributed by atoms with Crippen LogP contribution in [-0.4, -0.2) is 23.8 Å². The van der Waals surface area contributed by atoms with Crippen molar-refractivity contribution in [3.63, 3.8) is 0 Å². The van der Waals surface area contributed by atoms with Crippen LogP contribution in [-0.2, 0) is 35.4 Å². The van der Waals surface area contributed by atoms with Crippen molar-refractivity contribution < 1.29 is 35.4 Å². The summed E-state index contributed by atoms with van der Waals surface area (Å²) in [7, 11) is 0. The Bertz CT molecular complexity index is 470. The van der Waals surface area contributed by atoms with Crippen LogP contribution in [0.4, 0.5) is 0 Å². The Balaban J connectivity index is 0. The number of hydrogen-bond donors (Lipinski definition) is 2. The van der Waals surface area contributed by atoms with Gasteiger partial charge >= 0.3 is 0 Å². The molecule has 1 atom stereocenters. The Labute approximate surface area is 153 Å². The van der Waals surface area contributed by atoms with Gasteiger partial charge in [-0.25, -0.2) is 0 Å². The van der Waals surface area contributed by atoms with Gasteiger partial charge in [0.05, 0.1) is 6.04 Å². The molecule has 2 aliphatic rings. The number of rotatable bonds is 2. The summed E-state index contributed by atoms with van der Waals surface area (Å²) in [5.41, 5.74) is 1.51. The molecule has 1 fully saturated rings. The first-order valence-electron chi connectivity index (χ1n) is 8.00. The molecule has 0 aromatic rings. The zero-order valence-electron chi connectivity index (χ0n) is 14.6. The summed E-state index contributed by atoms with van der Waals surface area (Å²) in [5.74, 6) is -1.02. The molecule has 6 heteroatoms. The second kappa shape index (κ2) is 13.2. The molecule has 0 saturated carbocycles. The van der Waals surface area contributed by atoms with E-state index in [0.29, 0.717) is 12.0 Å². The zero-order valence-corrected chi connectivity index (χ0v) is 17.5. The van der Waals surface area contributed by atoms with Gasteiger partial charge in [-0.15, -0.1) is 11.1 Å². The molecule has 3 amide bonds. The zero-order chi connectivity index (χ0) is 17.1. The number of carbonyl (C=O) groups is 3. The Morgan fingerprint density at radius 1 is 1.22 bits per heavy atom. The largest absolute Gasteiger partial charge is 0.394 e. The molecule has 130 valence electrons. The van der Waals surface area contributed by atoms with E-state index >= 15 is 0 Å². The fourth-order valence-corrected chi connectivity index (χ4v) is 1.99. The molecule has 0 bridgehead atoms. The molecule has 0 aromatic carbocycles. The normalized spacial score (nSPS) is 19.3. The maximum atomic E-state index is 11.9. The fourth-order valence-electron chi connectivity index (χ4n) is 1.99. The number of hydrogen-bond acceptors (Lipinski definition) is 3. The first kappa shape index (κ1) is 24.0. The predicted molar refractivity (Wildman–Crippen MR) is 86.8 cm³/mol. The molecule has 5 nitrogen and oxygen atoms in total. The molecule has 1 aliphatic heterocycles. The minimum atomic E-state index is -0.625. The second-order valence-corrected chi connectivity index (χ2v) is 4.54. The minimum absolute atomic E-state index is 0. The van der Waals surface area contributed by atoms with Gasteiger partial charge < -0.3 is 10.1 Å². The Kier molecular flexibility index (Phi) is 13.8. The van der Waals surface area contributed by atoms with Crippen LogP contribution in [0, 0.1) is 6.08 Å². The number of amides is 3. The van der Waals surface area contributed by atoms with E-state index in [1.165, 1.54) is 0 Å². The molecule has 1 aliphatic carbocycles. The van der Waals surface area contributed by atoms with Gasteiger partial charge in [-0.1, -0.05) is 47.5 Å². The third-order valence-corrected chi connectivity index (χ3v) is 3.00. The van der Waals surface area contributed by atoms with E-state index in [-0.39, 0.29) is 39.3 Å². The average molecular weight is 491 g/mol. The van der Waals surface area contributed by atoms with Crippen molar-refractivity contribution in [1.82, 2.24) is 10.6 Å². The number of allylic oxidation sites excluding steroid dienone is 2. The van der Waals surface area contributed by atoms with Crippen molar-refractivity contribution in [2.75, 3.05) is 0 Å². The Morgan fingerprint density at radius 3 is 2.35 bits per heavy atom. The van der Waals surface area contributed by atoms with Crippen LogP contribution in [0.25, 0.3) is 0 Å². The van der Waals surface area contributed by atoms with E-state index in [1.54, 1.807) is 0 Å². The van der Waals surface area contributed by atoms with Crippen LogP contribution in [0.3, 0.4) is 0 Å². The number of imide groups is 1. The monoisotopic (exact) mass is 491 g/mol. The molecule has 2 rings (SSSR count). The molecular formula is C17H27N2O3W-. The van der Waals surface area contributed by atoms with Crippen LogP contribution >= 0.6 is 0 Å². The number of piperidine rings is 1. The van der Waals surface area contributed by atoms with Gasteiger partial charge in [0.2, 0.25) is 11.8 Å². The Hall–Kier alpha value is -1.22. The maximum absolute atomic E-state index is 11.9. The summed E-state index contributed by atoms with van der Waals surface area (Å²) < 4.78 is 0. The summed E-state index contributed by atoms with van der Waals surface area (Å²) in [6.45, 7) is 9.92. The van der Waals surface area contributed by atoms with Crippen molar-refractivity contribution >= 4 is 17.7 Å². The molecule has 2 N–H and O–H groups in total. The van der Waals surface area contributed by atoms with Crippen LogP contribution in [0.15, 0.2) is 17.2 Å². The van der Waals surface area contributed by atoms with Crippen molar-refractivity contribution in [2.45, 2.75) is 66.3 Å². The summed E-state index contributed by atoms with van der Waals surface area (Å²) in [5, 5.41) is 4.84. The van der Waals surface area contributed by atoms with Crippen molar-refractivity contribution in [3.8, 4) is 0 Å².